The predicted octanol–water partition coefficient (Wildman–Crippen LogP) is 16.3. The van der Waals surface area contributed by atoms with Crippen LogP contribution >= 0.6 is 0 Å². The van der Waals surface area contributed by atoms with Crippen molar-refractivity contribution in [3.63, 3.8) is 0 Å². The minimum Gasteiger partial charge on any atom is -0.454 e. The third-order valence-electron chi connectivity index (χ3n) is 15.3. The number of nitrogens with one attached hydrogen (secondary N) is 1. The van der Waals surface area contributed by atoms with Gasteiger partial charge in [-0.25, -0.2) is 0 Å². The summed E-state index contributed by atoms with van der Waals surface area (Å²) in [5, 5.41) is 57.1. The van der Waals surface area contributed by atoms with Crippen LogP contribution in [0.4, 0.5) is 0 Å². The summed E-state index contributed by atoms with van der Waals surface area (Å²) in [6.07, 6.45) is 62.1. The Morgan fingerprint density at radius 2 is 0.863 bits per heavy atom. The Labute approximate surface area is 490 Å². The number of carbonyl (C=O) groups excluding carboxylic acids is 2. The van der Waals surface area contributed by atoms with Gasteiger partial charge in [0.1, 0.15) is 24.4 Å². The SMILES string of the molecule is CCCCC/C=C\C/C=C\C/C=C\CCCCCCCCC(=O)OC1C(OCC(NC(=O)C(O)CCCCCCCCCCCC/C=C\C/C=C\CCCCC)C(O)/C=C/CCCCCCCCCCCC)OC(CO)C(O)C1O. The number of aliphatic hydroxyl groups excluding tert-OH is 5. The van der Waals surface area contributed by atoms with Crippen LogP contribution < -0.4 is 5.32 Å². The van der Waals surface area contributed by atoms with Gasteiger partial charge in [-0.3, -0.25) is 9.59 Å². The van der Waals surface area contributed by atoms with E-state index < -0.39 is 67.4 Å². The molecule has 0 radical (unpaired) electrons. The van der Waals surface area contributed by atoms with Gasteiger partial charge in [0.2, 0.25) is 5.91 Å². The standard InChI is InChI=1S/C69H123NO10/c1-4-7-10-13-16-19-22-25-27-29-31-33-34-36-38-41-44-47-50-53-56-62(73)68(77)70-60(61(72)55-52-49-46-43-40-24-21-18-15-12-9-6-3)59-78-69-67(66(76)65(75)63(58-71)79-69)80-64(74)57-54-51-48-45-42-39-37-35-32-30-28-26-23-20-17-14-11-8-5-2/h16-17,19-20,25-28,32,35,52,55,60-63,65-67,69,71-73,75-76H,4-15,18,21-24,29-31,33-34,36-51,53-54,56-59H2,1-3H3,(H,70,77)/b19-16-,20-17-,27-25-,28-26-,35-32-,55-52+. The number of aliphatic hydroxyl groups is 5. The summed E-state index contributed by atoms with van der Waals surface area (Å²) in [4.78, 5) is 26.6. The van der Waals surface area contributed by atoms with Gasteiger partial charge >= 0.3 is 5.97 Å². The third kappa shape index (κ3) is 43.7. The Balaban J connectivity index is 2.65. The van der Waals surface area contributed by atoms with E-state index in [9.17, 15) is 35.1 Å². The van der Waals surface area contributed by atoms with Gasteiger partial charge in [0.25, 0.3) is 0 Å². The molecule has 11 heteroatoms. The maximum atomic E-state index is 13.5. The molecule has 6 N–H and O–H groups in total. The largest absolute Gasteiger partial charge is 0.454 e. The molecule has 1 heterocycles. The van der Waals surface area contributed by atoms with Gasteiger partial charge < -0.3 is 45.1 Å². The fraction of sp³-hybridized carbons (Fsp3) is 0.797. The van der Waals surface area contributed by atoms with Crippen molar-refractivity contribution in [3.8, 4) is 0 Å². The molecule has 1 rings (SSSR count). The van der Waals surface area contributed by atoms with Crippen LogP contribution in [0.15, 0.2) is 72.9 Å². The van der Waals surface area contributed by atoms with Crippen LogP contribution in [0, 0.1) is 0 Å². The summed E-state index contributed by atoms with van der Waals surface area (Å²) < 4.78 is 17.6. The van der Waals surface area contributed by atoms with Crippen molar-refractivity contribution in [1.29, 1.82) is 0 Å². The van der Waals surface area contributed by atoms with E-state index in [0.29, 0.717) is 12.8 Å². The van der Waals surface area contributed by atoms with Crippen LogP contribution in [0.2, 0.25) is 0 Å². The van der Waals surface area contributed by atoms with E-state index in [2.05, 4.69) is 86.8 Å². The van der Waals surface area contributed by atoms with Crippen LogP contribution in [-0.2, 0) is 23.8 Å². The first kappa shape index (κ1) is 75.1. The molecule has 1 amide bonds. The first-order chi connectivity index (χ1) is 39.2. The molecule has 0 spiro atoms. The second-order valence-corrected chi connectivity index (χ2v) is 22.8. The van der Waals surface area contributed by atoms with Gasteiger partial charge in [-0.1, -0.05) is 261 Å². The fourth-order valence-electron chi connectivity index (χ4n) is 10.0. The molecule has 0 aliphatic carbocycles. The molecule has 8 atom stereocenters. The third-order valence-corrected chi connectivity index (χ3v) is 15.3. The zero-order valence-corrected chi connectivity index (χ0v) is 51.4. The van der Waals surface area contributed by atoms with Crippen molar-refractivity contribution in [2.24, 2.45) is 0 Å². The van der Waals surface area contributed by atoms with Crippen LogP contribution in [0.1, 0.15) is 290 Å². The maximum Gasteiger partial charge on any atom is 0.306 e. The van der Waals surface area contributed by atoms with Crippen LogP contribution in [-0.4, -0.2) is 99.6 Å². The number of hydrogen-bond acceptors (Lipinski definition) is 10. The zero-order valence-electron chi connectivity index (χ0n) is 51.4. The van der Waals surface area contributed by atoms with Gasteiger partial charge in [0.15, 0.2) is 12.4 Å². The van der Waals surface area contributed by atoms with E-state index in [1.54, 1.807) is 6.08 Å². The van der Waals surface area contributed by atoms with Gasteiger partial charge in [-0.05, 0) is 96.3 Å². The number of hydrogen-bond donors (Lipinski definition) is 6. The average Bonchev–Trinajstić information content (AvgIpc) is 3.48. The molecule has 11 nitrogen and oxygen atoms in total. The Bertz CT molecular complexity index is 1580. The number of amides is 1. The molecule has 1 fully saturated rings. The van der Waals surface area contributed by atoms with E-state index >= 15 is 0 Å². The minimum atomic E-state index is -1.62. The number of esters is 1. The first-order valence-electron chi connectivity index (χ1n) is 33.2. The van der Waals surface area contributed by atoms with Gasteiger partial charge in [-0.15, -0.1) is 0 Å². The quantitative estimate of drug-likeness (QED) is 0.0195. The molecule has 1 saturated heterocycles. The lowest BCUT2D eigenvalue weighted by Crippen LogP contribution is -2.61. The van der Waals surface area contributed by atoms with Gasteiger partial charge in [0.05, 0.1) is 25.4 Å². The molecule has 8 unspecified atom stereocenters. The first-order valence-corrected chi connectivity index (χ1v) is 33.2. The summed E-state index contributed by atoms with van der Waals surface area (Å²) in [5.41, 5.74) is 0. The predicted molar refractivity (Wildman–Crippen MR) is 333 cm³/mol. The molecule has 80 heavy (non-hydrogen) atoms. The lowest BCUT2D eigenvalue weighted by Gasteiger charge is -2.41. The summed E-state index contributed by atoms with van der Waals surface area (Å²) in [7, 11) is 0. The van der Waals surface area contributed by atoms with E-state index in [1.807, 2.05) is 6.08 Å². The Hall–Kier alpha value is -2.90. The number of unbranched alkanes of at least 4 members (excludes halogenated alkanes) is 32. The van der Waals surface area contributed by atoms with E-state index in [1.165, 1.54) is 141 Å². The molecular formula is C69H123NO10. The van der Waals surface area contributed by atoms with Gasteiger partial charge in [-0.2, -0.15) is 0 Å². The van der Waals surface area contributed by atoms with Crippen LogP contribution in [0.5, 0.6) is 0 Å². The lowest BCUT2D eigenvalue weighted by atomic mass is 9.99. The highest BCUT2D eigenvalue weighted by molar-refractivity contribution is 5.80. The van der Waals surface area contributed by atoms with Crippen LogP contribution in [0.25, 0.3) is 0 Å². The zero-order chi connectivity index (χ0) is 58.2. The summed E-state index contributed by atoms with van der Waals surface area (Å²) in [6, 6.07) is -1.03. The molecular weight excluding hydrogens is 1000 g/mol. The van der Waals surface area contributed by atoms with Crippen molar-refractivity contribution >= 4 is 11.9 Å². The summed E-state index contributed by atoms with van der Waals surface area (Å²) >= 11 is 0. The van der Waals surface area contributed by atoms with Crippen molar-refractivity contribution in [2.75, 3.05) is 13.2 Å². The van der Waals surface area contributed by atoms with E-state index in [4.69, 9.17) is 14.2 Å². The molecule has 0 aromatic rings. The van der Waals surface area contributed by atoms with Crippen LogP contribution in [0.3, 0.4) is 0 Å². The highest BCUT2D eigenvalue weighted by atomic mass is 16.7. The molecule has 0 aromatic carbocycles. The number of rotatable bonds is 56. The maximum absolute atomic E-state index is 13.5. The number of ether oxygens (including phenoxy) is 3. The number of carbonyl (C=O) groups is 2. The van der Waals surface area contributed by atoms with E-state index in [-0.39, 0.29) is 19.4 Å². The molecule has 0 saturated carbocycles. The lowest BCUT2D eigenvalue weighted by molar-refractivity contribution is -0.305. The highest BCUT2D eigenvalue weighted by Crippen LogP contribution is 2.26. The molecule has 464 valence electrons. The fourth-order valence-corrected chi connectivity index (χ4v) is 10.0. The normalized spacial score (nSPS) is 19.2. The minimum absolute atomic E-state index is 0.107. The molecule has 0 bridgehead atoms. The molecule has 1 aliphatic heterocycles. The van der Waals surface area contributed by atoms with Crippen molar-refractivity contribution < 1.29 is 49.3 Å². The van der Waals surface area contributed by atoms with Crippen molar-refractivity contribution in [2.45, 2.75) is 339 Å². The van der Waals surface area contributed by atoms with E-state index in [0.717, 1.165) is 103 Å². The number of allylic oxidation sites excluding steroid dienone is 11. The average molecular weight is 1130 g/mol. The molecule has 1 aliphatic rings. The second-order valence-electron chi connectivity index (χ2n) is 22.8. The second kappa shape index (κ2) is 56.6. The Morgan fingerprint density at radius 1 is 0.487 bits per heavy atom. The highest BCUT2D eigenvalue weighted by Gasteiger charge is 2.47. The monoisotopic (exact) mass is 1130 g/mol. The summed E-state index contributed by atoms with van der Waals surface area (Å²) in [5.74, 6) is -1.21. The topological polar surface area (TPSA) is 175 Å². The smallest absolute Gasteiger partial charge is 0.306 e. The molecule has 0 aromatic heterocycles. The van der Waals surface area contributed by atoms with Crippen molar-refractivity contribution in [3.05, 3.63) is 72.9 Å². The van der Waals surface area contributed by atoms with Gasteiger partial charge in [0, 0.05) is 6.42 Å². The summed E-state index contributed by atoms with van der Waals surface area (Å²) in [6.45, 7) is 5.75. The Morgan fingerprint density at radius 3 is 1.31 bits per heavy atom. The Kier molecular flexibility index (Phi) is 53.1. The van der Waals surface area contributed by atoms with Crippen molar-refractivity contribution in [1.82, 2.24) is 5.32 Å².